The number of imide groups is 1. The number of urea groups is 1. The minimum atomic E-state index is -0.840. The van der Waals surface area contributed by atoms with Crippen molar-refractivity contribution in [3.63, 3.8) is 0 Å². The molecule has 0 radical (unpaired) electrons. The van der Waals surface area contributed by atoms with Gasteiger partial charge in [-0.2, -0.15) is 0 Å². The average Bonchev–Trinajstić information content (AvgIpc) is 3.26. The lowest BCUT2D eigenvalue weighted by Gasteiger charge is -2.35. The van der Waals surface area contributed by atoms with E-state index in [2.05, 4.69) is 15.5 Å². The Balaban J connectivity index is 1.05. The molecular weight excluding hydrogens is 514 g/mol. The Bertz CT molecular complexity index is 1310. The Labute approximate surface area is 232 Å². The summed E-state index contributed by atoms with van der Waals surface area (Å²) in [5.74, 6) is 1.63. The monoisotopic (exact) mass is 545 g/mol. The third-order valence-electron chi connectivity index (χ3n) is 6.71. The number of methoxy groups -OCH3 is 1. The van der Waals surface area contributed by atoms with Crippen LogP contribution in [-0.4, -0.2) is 73.9 Å². The number of nitrogens with one attached hydrogen (secondary N) is 2. The predicted octanol–water partition coefficient (Wildman–Crippen LogP) is 3.37. The molecule has 11 nitrogen and oxygen atoms in total. The lowest BCUT2D eigenvalue weighted by atomic mass is 10.2. The highest BCUT2D eigenvalue weighted by atomic mass is 16.7. The molecule has 2 fully saturated rings. The van der Waals surface area contributed by atoms with Crippen LogP contribution in [0.1, 0.15) is 5.56 Å². The van der Waals surface area contributed by atoms with Gasteiger partial charge in [-0.3, -0.25) is 4.79 Å². The summed E-state index contributed by atoms with van der Waals surface area (Å²) in [6.45, 7) is 2.63. The first-order valence-electron chi connectivity index (χ1n) is 13.0. The number of nitrogens with zero attached hydrogens (tertiary/aromatic N) is 3. The molecule has 1 unspecified atom stereocenters. The largest absolute Gasteiger partial charge is 0.497 e. The molecule has 3 aromatic carbocycles. The Morgan fingerprint density at radius 1 is 0.875 bits per heavy atom. The molecule has 2 aliphatic rings. The van der Waals surface area contributed by atoms with Crippen molar-refractivity contribution >= 4 is 23.7 Å². The van der Waals surface area contributed by atoms with Gasteiger partial charge in [-0.1, -0.05) is 35.4 Å². The number of carbonyl (C=O) groups excluding carboxylic acids is 3. The number of benzene rings is 3. The third kappa shape index (κ3) is 6.44. The molecule has 2 N–H and O–H groups in total. The normalized spacial score (nSPS) is 17.0. The van der Waals surface area contributed by atoms with E-state index in [1.165, 1.54) is 4.90 Å². The Morgan fingerprint density at radius 3 is 2.20 bits per heavy atom. The van der Waals surface area contributed by atoms with Crippen LogP contribution in [0.2, 0.25) is 0 Å². The topological polar surface area (TPSA) is 113 Å². The van der Waals surface area contributed by atoms with Gasteiger partial charge in [0.15, 0.2) is 0 Å². The summed E-state index contributed by atoms with van der Waals surface area (Å²) in [6.07, 6.45) is -0.732. The molecular formula is C29H31N5O6. The first kappa shape index (κ1) is 26.8. The number of amides is 4. The summed E-state index contributed by atoms with van der Waals surface area (Å²) in [5.41, 5.74) is 2.00. The van der Waals surface area contributed by atoms with Gasteiger partial charge in [0, 0.05) is 45.0 Å². The molecule has 0 bridgehead atoms. The SMILES string of the molecule is COc1ccc(N2CCN(C(=O)ON3C(=O)NC(CNCc4ccc(Oc5ccccc5)cc4)C3=O)CC2)cc1. The summed E-state index contributed by atoms with van der Waals surface area (Å²) in [4.78, 5) is 46.6. The zero-order chi connectivity index (χ0) is 27.9. The minimum absolute atomic E-state index is 0.182. The maximum absolute atomic E-state index is 12.8. The van der Waals surface area contributed by atoms with Gasteiger partial charge < -0.3 is 34.7 Å². The van der Waals surface area contributed by atoms with E-state index in [0.717, 1.165) is 22.7 Å². The number of hydrogen-bond acceptors (Lipinski definition) is 8. The van der Waals surface area contributed by atoms with Crippen molar-refractivity contribution in [2.45, 2.75) is 12.6 Å². The molecule has 0 spiro atoms. The van der Waals surface area contributed by atoms with Crippen molar-refractivity contribution in [3.05, 3.63) is 84.4 Å². The van der Waals surface area contributed by atoms with E-state index in [9.17, 15) is 14.4 Å². The molecule has 1 atom stereocenters. The van der Waals surface area contributed by atoms with Crippen molar-refractivity contribution in [1.82, 2.24) is 20.6 Å². The second-order valence-corrected chi connectivity index (χ2v) is 9.35. The van der Waals surface area contributed by atoms with Crippen LogP contribution in [0.3, 0.4) is 0 Å². The Morgan fingerprint density at radius 2 is 1.52 bits per heavy atom. The van der Waals surface area contributed by atoms with Gasteiger partial charge in [0.25, 0.3) is 5.91 Å². The number of carbonyl (C=O) groups is 3. The van der Waals surface area contributed by atoms with Crippen LogP contribution in [0, 0.1) is 0 Å². The first-order chi connectivity index (χ1) is 19.5. The maximum atomic E-state index is 12.8. The van der Waals surface area contributed by atoms with E-state index in [1.807, 2.05) is 78.9 Å². The van der Waals surface area contributed by atoms with Crippen LogP contribution in [-0.2, 0) is 16.2 Å². The van der Waals surface area contributed by atoms with E-state index in [4.69, 9.17) is 14.3 Å². The van der Waals surface area contributed by atoms with Crippen molar-refractivity contribution in [2.75, 3.05) is 44.7 Å². The number of hydroxylamine groups is 2. The highest BCUT2D eigenvalue weighted by Gasteiger charge is 2.42. The van der Waals surface area contributed by atoms with Gasteiger partial charge in [0.05, 0.1) is 7.11 Å². The van der Waals surface area contributed by atoms with Crippen molar-refractivity contribution < 1.29 is 28.7 Å². The molecule has 3 aromatic rings. The molecule has 208 valence electrons. The number of anilines is 1. The third-order valence-corrected chi connectivity index (χ3v) is 6.71. The minimum Gasteiger partial charge on any atom is -0.497 e. The van der Waals surface area contributed by atoms with Gasteiger partial charge in [0.1, 0.15) is 23.3 Å². The lowest BCUT2D eigenvalue weighted by Crippen LogP contribution is -2.50. The van der Waals surface area contributed by atoms with Crippen LogP contribution in [0.25, 0.3) is 0 Å². The van der Waals surface area contributed by atoms with E-state index < -0.39 is 24.1 Å². The van der Waals surface area contributed by atoms with Crippen molar-refractivity contribution in [2.24, 2.45) is 0 Å². The summed E-state index contributed by atoms with van der Waals surface area (Å²) >= 11 is 0. The molecule has 40 heavy (non-hydrogen) atoms. The number of hydrogen-bond donors (Lipinski definition) is 2. The highest BCUT2D eigenvalue weighted by Crippen LogP contribution is 2.22. The van der Waals surface area contributed by atoms with Crippen LogP contribution in [0.5, 0.6) is 17.2 Å². The van der Waals surface area contributed by atoms with Crippen LogP contribution >= 0.6 is 0 Å². The molecule has 4 amide bonds. The molecule has 2 saturated heterocycles. The van der Waals surface area contributed by atoms with Gasteiger partial charge in [-0.25, -0.2) is 9.59 Å². The second-order valence-electron chi connectivity index (χ2n) is 9.35. The number of rotatable bonds is 9. The fraction of sp³-hybridized carbons (Fsp3) is 0.276. The van der Waals surface area contributed by atoms with Gasteiger partial charge in [0.2, 0.25) is 0 Å². The molecule has 0 saturated carbocycles. The fourth-order valence-electron chi connectivity index (χ4n) is 4.47. The molecule has 2 heterocycles. The van der Waals surface area contributed by atoms with E-state index in [1.54, 1.807) is 7.11 Å². The maximum Gasteiger partial charge on any atom is 0.434 e. The first-order valence-corrected chi connectivity index (χ1v) is 13.0. The van der Waals surface area contributed by atoms with Crippen LogP contribution in [0.15, 0.2) is 78.9 Å². The Hall–Kier alpha value is -4.77. The number of piperazine rings is 1. The predicted molar refractivity (Wildman–Crippen MR) is 147 cm³/mol. The van der Waals surface area contributed by atoms with Gasteiger partial charge >= 0.3 is 12.1 Å². The quantitative estimate of drug-likeness (QED) is 0.394. The molecule has 0 aromatic heterocycles. The summed E-state index contributed by atoms with van der Waals surface area (Å²) < 4.78 is 11.0. The van der Waals surface area contributed by atoms with E-state index in [0.29, 0.717) is 43.5 Å². The smallest absolute Gasteiger partial charge is 0.434 e. The molecule has 11 heteroatoms. The fourth-order valence-corrected chi connectivity index (χ4v) is 4.47. The van der Waals surface area contributed by atoms with Crippen molar-refractivity contribution in [3.8, 4) is 17.2 Å². The summed E-state index contributed by atoms with van der Waals surface area (Å²) in [6, 6.07) is 23.2. The Kier molecular flexibility index (Phi) is 8.31. The molecule has 0 aliphatic carbocycles. The number of para-hydroxylation sites is 1. The van der Waals surface area contributed by atoms with Gasteiger partial charge in [-0.05, 0) is 54.1 Å². The standard InChI is InChI=1S/C29H31N5O6/c1-38-23-13-9-22(10-14-23)32-15-17-33(18-16-32)29(37)40-34-27(35)26(31-28(34)36)20-30-19-21-7-11-25(12-8-21)39-24-5-3-2-4-6-24/h2-14,26,30H,15-20H2,1H3,(H,31,36). The second kappa shape index (κ2) is 12.4. The van der Waals surface area contributed by atoms with E-state index >= 15 is 0 Å². The molecule has 5 rings (SSSR count). The van der Waals surface area contributed by atoms with Crippen molar-refractivity contribution in [1.29, 1.82) is 0 Å². The zero-order valence-corrected chi connectivity index (χ0v) is 22.1. The lowest BCUT2D eigenvalue weighted by molar-refractivity contribution is -0.151. The number of ether oxygens (including phenoxy) is 2. The van der Waals surface area contributed by atoms with E-state index in [-0.39, 0.29) is 6.54 Å². The summed E-state index contributed by atoms with van der Waals surface area (Å²) in [7, 11) is 1.62. The van der Waals surface area contributed by atoms with Crippen LogP contribution < -0.4 is 25.0 Å². The van der Waals surface area contributed by atoms with Crippen LogP contribution in [0.4, 0.5) is 15.3 Å². The summed E-state index contributed by atoms with van der Waals surface area (Å²) in [5, 5.41) is 6.24. The van der Waals surface area contributed by atoms with Gasteiger partial charge in [-0.15, -0.1) is 0 Å². The average molecular weight is 546 g/mol. The highest BCUT2D eigenvalue weighted by molar-refractivity contribution is 6.04. The zero-order valence-electron chi connectivity index (χ0n) is 22.1. The molecule has 2 aliphatic heterocycles.